The average molecular weight is 757 g/mol. The summed E-state index contributed by atoms with van der Waals surface area (Å²) in [5.74, 6) is -1.58. The zero-order valence-corrected chi connectivity index (χ0v) is 28.5. The Morgan fingerprint density at radius 2 is 0.857 bits per heavy atom. The van der Waals surface area contributed by atoms with Crippen molar-refractivity contribution in [1.29, 1.82) is 10.5 Å². The largest absolute Gasteiger partial charge is 0.523 e. The highest BCUT2D eigenvalue weighted by atomic mass is 19.4. The smallest absolute Gasteiger partial charge is 0.207 e. The highest BCUT2D eigenvalue weighted by Crippen LogP contribution is 2.43. The Hall–Kier alpha value is -7.28. The van der Waals surface area contributed by atoms with E-state index >= 15 is 0 Å². The molecule has 2 aliphatic carbocycles. The third-order valence-electron chi connectivity index (χ3n) is 9.79. The SMILES string of the molecule is [C-]#[N+]C([N+]#[C-])=C1Cc2c(-c3ccc(C(F)(F)F)cc3)c3c(c(-c4ccc(C(F)(F)F)cc4)c2=C1c1ccc(F)cc1)CC(=C(C#N)C#N)C=3c1ccc(F)cc1. The predicted octanol–water partition coefficient (Wildman–Crippen LogP) is 10.2. The Labute approximate surface area is 313 Å². The summed E-state index contributed by atoms with van der Waals surface area (Å²) in [6.45, 7) is 15.8. The van der Waals surface area contributed by atoms with E-state index in [1.165, 1.54) is 48.5 Å². The van der Waals surface area contributed by atoms with Crippen molar-refractivity contribution in [3.05, 3.63) is 198 Å². The maximum absolute atomic E-state index is 14.4. The van der Waals surface area contributed by atoms with Crippen LogP contribution in [0.5, 0.6) is 0 Å². The molecule has 0 bridgehead atoms. The molecule has 0 spiro atoms. The molecule has 0 N–H and O–H groups in total. The summed E-state index contributed by atoms with van der Waals surface area (Å²) < 4.78 is 112. The molecular formula is C44H20F8N4. The van der Waals surface area contributed by atoms with Gasteiger partial charge in [-0.15, -0.1) is 0 Å². The molecule has 0 aromatic heterocycles. The van der Waals surface area contributed by atoms with Crippen LogP contribution < -0.4 is 10.4 Å². The second-order valence-electron chi connectivity index (χ2n) is 12.8. The minimum Gasteiger partial charge on any atom is -0.207 e. The van der Waals surface area contributed by atoms with Crippen LogP contribution in [0, 0.1) is 47.4 Å². The highest BCUT2D eigenvalue weighted by Gasteiger charge is 2.38. The standard InChI is InChI=1S/C44H20F8N4/c1-55-42(56-2)35-20-34-38(24-5-13-29(14-6-24)44(50,51)52)40-33(19-32(27(21-53)22-54)36(40)25-7-15-30(45)16-8-25)37(23-3-11-28(12-4-23)43(47,48)49)41(34)39(35)26-9-17-31(46)18-10-26/h3-18H,19-20H2. The fraction of sp³-hybridized carbons (Fsp3) is 0.0909. The van der Waals surface area contributed by atoms with E-state index in [1.807, 2.05) is 12.1 Å². The Morgan fingerprint density at radius 3 is 1.20 bits per heavy atom. The number of hydrogen-bond donors (Lipinski definition) is 0. The first kappa shape index (κ1) is 37.1. The second-order valence-corrected chi connectivity index (χ2v) is 12.8. The third-order valence-corrected chi connectivity index (χ3v) is 9.79. The first-order valence-electron chi connectivity index (χ1n) is 16.6. The molecule has 0 aliphatic heterocycles. The van der Waals surface area contributed by atoms with Gasteiger partial charge in [-0.2, -0.15) is 46.6 Å². The molecule has 0 fully saturated rings. The Bertz CT molecular complexity index is 2600. The molecule has 0 amide bonds. The van der Waals surface area contributed by atoms with E-state index in [0.717, 1.165) is 48.5 Å². The number of halogens is 8. The van der Waals surface area contributed by atoms with Crippen molar-refractivity contribution in [2.75, 3.05) is 0 Å². The van der Waals surface area contributed by atoms with Gasteiger partial charge >= 0.3 is 18.2 Å². The molecular weight excluding hydrogens is 736 g/mol. The molecule has 272 valence electrons. The third kappa shape index (κ3) is 6.28. The number of allylic oxidation sites excluding steroid dienone is 3. The van der Waals surface area contributed by atoms with Gasteiger partial charge < -0.3 is 0 Å². The second kappa shape index (κ2) is 13.9. The van der Waals surface area contributed by atoms with Gasteiger partial charge in [-0.3, -0.25) is 0 Å². The molecule has 5 aromatic rings. The summed E-state index contributed by atoms with van der Waals surface area (Å²) in [6, 6.07) is 22.5. The summed E-state index contributed by atoms with van der Waals surface area (Å²) >= 11 is 0. The normalized spacial score (nSPS) is 13.4. The number of nitrogens with zero attached hydrogens (tertiary/aromatic N) is 4. The zero-order chi connectivity index (χ0) is 40.1. The van der Waals surface area contributed by atoms with E-state index in [4.69, 9.17) is 13.1 Å². The monoisotopic (exact) mass is 756 g/mol. The van der Waals surface area contributed by atoms with E-state index in [0.29, 0.717) is 43.8 Å². The Kier molecular flexibility index (Phi) is 9.16. The van der Waals surface area contributed by atoms with Crippen molar-refractivity contribution in [1.82, 2.24) is 0 Å². The van der Waals surface area contributed by atoms with E-state index in [-0.39, 0.29) is 57.7 Å². The van der Waals surface area contributed by atoms with Crippen LogP contribution >= 0.6 is 0 Å². The van der Waals surface area contributed by atoms with Crippen molar-refractivity contribution in [2.45, 2.75) is 25.2 Å². The van der Waals surface area contributed by atoms with Gasteiger partial charge in [0.05, 0.1) is 16.7 Å². The van der Waals surface area contributed by atoms with Crippen LogP contribution in [0.1, 0.15) is 33.4 Å². The van der Waals surface area contributed by atoms with Gasteiger partial charge in [0.2, 0.25) is 0 Å². The van der Waals surface area contributed by atoms with Crippen molar-refractivity contribution >= 4 is 11.1 Å². The van der Waals surface area contributed by atoms with Crippen LogP contribution in [0.25, 0.3) is 43.1 Å². The lowest BCUT2D eigenvalue weighted by molar-refractivity contribution is -0.138. The van der Waals surface area contributed by atoms with Gasteiger partial charge in [-0.1, -0.05) is 48.5 Å². The summed E-state index contributed by atoms with van der Waals surface area (Å²) in [5.41, 5.74) is 1.12. The molecule has 0 saturated heterocycles. The van der Waals surface area contributed by atoms with Crippen LogP contribution in [0.15, 0.2) is 120 Å². The molecule has 56 heavy (non-hydrogen) atoms. The zero-order valence-electron chi connectivity index (χ0n) is 28.5. The van der Waals surface area contributed by atoms with E-state index < -0.39 is 35.1 Å². The van der Waals surface area contributed by atoms with Crippen molar-refractivity contribution in [2.24, 2.45) is 0 Å². The fourth-order valence-electron chi connectivity index (χ4n) is 7.47. The van der Waals surface area contributed by atoms with Crippen LogP contribution in [-0.4, -0.2) is 0 Å². The van der Waals surface area contributed by atoms with Crippen LogP contribution in [0.4, 0.5) is 35.1 Å². The van der Waals surface area contributed by atoms with Gasteiger partial charge in [-0.05, 0) is 127 Å². The van der Waals surface area contributed by atoms with E-state index in [1.54, 1.807) is 0 Å². The predicted molar refractivity (Wildman–Crippen MR) is 190 cm³/mol. The fourth-order valence-corrected chi connectivity index (χ4v) is 7.47. The lowest BCUT2D eigenvalue weighted by Gasteiger charge is -2.18. The highest BCUT2D eigenvalue weighted by molar-refractivity contribution is 5.98. The molecule has 0 unspecified atom stereocenters. The number of nitriles is 2. The van der Waals surface area contributed by atoms with Gasteiger partial charge in [0.25, 0.3) is 0 Å². The minimum absolute atomic E-state index is 0.168. The summed E-state index contributed by atoms with van der Waals surface area (Å²) in [6.07, 6.45) is -9.75. The Balaban J connectivity index is 1.81. The van der Waals surface area contributed by atoms with Gasteiger partial charge in [0.15, 0.2) is 0 Å². The summed E-state index contributed by atoms with van der Waals surface area (Å²) in [7, 11) is 0. The average Bonchev–Trinajstić information content (AvgIpc) is 3.74. The van der Waals surface area contributed by atoms with E-state index in [2.05, 4.69) is 9.69 Å². The number of rotatable bonds is 4. The van der Waals surface area contributed by atoms with Crippen molar-refractivity contribution < 1.29 is 35.1 Å². The molecule has 0 heterocycles. The lowest BCUT2D eigenvalue weighted by Crippen LogP contribution is -2.25. The van der Waals surface area contributed by atoms with E-state index in [9.17, 15) is 45.6 Å². The number of fused-ring (bicyclic) bond motifs is 2. The van der Waals surface area contributed by atoms with Gasteiger partial charge in [-0.25, -0.2) is 8.78 Å². The molecule has 0 saturated carbocycles. The molecule has 5 aromatic carbocycles. The van der Waals surface area contributed by atoms with Crippen molar-refractivity contribution in [3.63, 3.8) is 0 Å². The Morgan fingerprint density at radius 1 is 0.518 bits per heavy atom. The number of hydrogen-bond acceptors (Lipinski definition) is 2. The molecule has 0 radical (unpaired) electrons. The first-order valence-corrected chi connectivity index (χ1v) is 16.6. The maximum atomic E-state index is 14.4. The molecule has 7 rings (SSSR count). The van der Waals surface area contributed by atoms with Gasteiger partial charge in [0, 0.05) is 6.42 Å². The van der Waals surface area contributed by atoms with Crippen LogP contribution in [-0.2, 0) is 25.2 Å². The number of benzene rings is 5. The van der Waals surface area contributed by atoms with Crippen LogP contribution in [0.2, 0.25) is 0 Å². The quantitative estimate of drug-likeness (QED) is 0.104. The van der Waals surface area contributed by atoms with Gasteiger partial charge in [0.1, 0.15) is 42.5 Å². The summed E-state index contributed by atoms with van der Waals surface area (Å²) in [5, 5.41) is 21.0. The molecule has 2 aliphatic rings. The molecule has 12 heteroatoms. The molecule has 0 atom stereocenters. The maximum Gasteiger partial charge on any atom is 0.523 e. The minimum atomic E-state index is -4.70. The lowest BCUT2D eigenvalue weighted by atomic mass is 9.85. The first-order chi connectivity index (χ1) is 26.7. The summed E-state index contributed by atoms with van der Waals surface area (Å²) in [4.78, 5) is 6.93. The topological polar surface area (TPSA) is 56.3 Å². The van der Waals surface area contributed by atoms with Crippen LogP contribution in [0.3, 0.4) is 0 Å². The van der Waals surface area contributed by atoms with Crippen molar-refractivity contribution in [3.8, 4) is 34.4 Å². The number of alkyl halides is 6. The molecule has 4 nitrogen and oxygen atoms in total.